The molecule has 0 aliphatic carbocycles. The Hall–Kier alpha value is -1.94. The van der Waals surface area contributed by atoms with E-state index in [2.05, 4.69) is 31.0 Å². The fourth-order valence-electron chi connectivity index (χ4n) is 3.03. The molecule has 0 saturated heterocycles. The highest BCUT2D eigenvalue weighted by Crippen LogP contribution is 2.30. The Morgan fingerprint density at radius 1 is 1.41 bits per heavy atom. The van der Waals surface area contributed by atoms with E-state index in [4.69, 9.17) is 9.47 Å². The predicted molar refractivity (Wildman–Crippen MR) is 102 cm³/mol. The molecule has 0 radical (unpaired) electrons. The molecule has 1 amide bonds. The lowest BCUT2D eigenvalue weighted by Gasteiger charge is -2.27. The van der Waals surface area contributed by atoms with Crippen molar-refractivity contribution < 1.29 is 14.3 Å². The molecule has 148 valence electrons. The first-order valence-electron chi connectivity index (χ1n) is 8.96. The molecular formula is C17H24BrN5O4. The number of nitrogens with one attached hydrogen (secondary N) is 1. The van der Waals surface area contributed by atoms with E-state index in [0.717, 1.165) is 6.42 Å². The average molecular weight is 442 g/mol. The van der Waals surface area contributed by atoms with Gasteiger partial charge in [-0.1, -0.05) is 6.92 Å². The lowest BCUT2D eigenvalue weighted by atomic mass is 10.1. The second-order valence-electron chi connectivity index (χ2n) is 7.48. The van der Waals surface area contributed by atoms with Crippen LogP contribution >= 0.6 is 15.9 Å². The second kappa shape index (κ2) is 7.59. The van der Waals surface area contributed by atoms with Crippen molar-refractivity contribution in [2.45, 2.75) is 58.8 Å². The summed E-state index contributed by atoms with van der Waals surface area (Å²) < 4.78 is 13.0. The third-order valence-electron chi connectivity index (χ3n) is 4.13. The van der Waals surface area contributed by atoms with Crippen LogP contribution in [-0.2, 0) is 16.1 Å². The predicted octanol–water partition coefficient (Wildman–Crippen LogP) is 2.79. The van der Waals surface area contributed by atoms with E-state index < -0.39 is 11.7 Å². The number of ether oxygens (including phenoxy) is 2. The number of aromatic nitrogens is 4. The molecule has 1 aliphatic rings. The van der Waals surface area contributed by atoms with E-state index in [1.165, 1.54) is 4.52 Å². The molecule has 1 unspecified atom stereocenters. The number of hydrogen-bond donors (Lipinski definition) is 1. The summed E-state index contributed by atoms with van der Waals surface area (Å²) >= 11 is 3.21. The summed E-state index contributed by atoms with van der Waals surface area (Å²) in [7, 11) is 0. The van der Waals surface area contributed by atoms with Crippen LogP contribution < -0.4 is 5.56 Å². The third-order valence-corrected chi connectivity index (χ3v) is 4.49. The molecule has 10 heteroatoms. The summed E-state index contributed by atoms with van der Waals surface area (Å²) in [4.78, 5) is 35.4. The molecule has 3 heterocycles. The maximum absolute atomic E-state index is 12.8. The van der Waals surface area contributed by atoms with Crippen molar-refractivity contribution in [3.8, 4) is 0 Å². The maximum atomic E-state index is 12.8. The van der Waals surface area contributed by atoms with Gasteiger partial charge in [-0.05, 0) is 49.5 Å². The molecule has 2 aromatic rings. The van der Waals surface area contributed by atoms with Gasteiger partial charge in [0.05, 0.1) is 24.0 Å². The molecule has 0 aromatic carbocycles. The first-order valence-corrected chi connectivity index (χ1v) is 9.75. The number of aromatic amines is 1. The number of amides is 1. The van der Waals surface area contributed by atoms with Crippen molar-refractivity contribution in [2.75, 3.05) is 13.1 Å². The smallest absolute Gasteiger partial charge is 0.410 e. The third kappa shape index (κ3) is 4.32. The van der Waals surface area contributed by atoms with Gasteiger partial charge in [-0.2, -0.15) is 9.50 Å². The molecule has 27 heavy (non-hydrogen) atoms. The van der Waals surface area contributed by atoms with E-state index in [1.54, 1.807) is 4.90 Å². The molecule has 9 nitrogen and oxygen atoms in total. The highest BCUT2D eigenvalue weighted by atomic mass is 79.9. The van der Waals surface area contributed by atoms with Gasteiger partial charge in [-0.25, -0.2) is 9.78 Å². The van der Waals surface area contributed by atoms with Gasteiger partial charge in [0, 0.05) is 13.1 Å². The summed E-state index contributed by atoms with van der Waals surface area (Å²) in [6, 6.07) is 0. The minimum atomic E-state index is -0.554. The standard InChI is InChI=1S/C17H24BrN5O4/c1-5-7-22(16(25)27-17(2,3)4)8-6-11-12-10(9-26-11)19-15-20-14(18)21-23(15)13(12)24/h11H,5-9H2,1-4H3,(H,19,20,21). The normalized spacial score (nSPS) is 16.6. The number of H-pyrrole nitrogens is 1. The number of fused-ring (bicyclic) bond motifs is 2. The van der Waals surface area contributed by atoms with Gasteiger partial charge < -0.3 is 14.4 Å². The fourth-order valence-corrected chi connectivity index (χ4v) is 3.37. The van der Waals surface area contributed by atoms with Crippen molar-refractivity contribution in [2.24, 2.45) is 0 Å². The van der Waals surface area contributed by atoms with Crippen molar-refractivity contribution in [3.63, 3.8) is 0 Å². The maximum Gasteiger partial charge on any atom is 0.410 e. The van der Waals surface area contributed by atoms with E-state index in [1.807, 2.05) is 27.7 Å². The molecule has 3 rings (SSSR count). The van der Waals surface area contributed by atoms with Crippen LogP contribution in [0.15, 0.2) is 9.53 Å². The summed E-state index contributed by atoms with van der Waals surface area (Å²) in [6.07, 6.45) is 0.532. The Bertz CT molecular complexity index is 901. The van der Waals surface area contributed by atoms with Crippen LogP contribution in [0.1, 0.15) is 57.9 Å². The Kier molecular flexibility index (Phi) is 5.57. The zero-order chi connectivity index (χ0) is 19.8. The van der Waals surface area contributed by atoms with Gasteiger partial charge in [0.1, 0.15) is 5.60 Å². The zero-order valence-corrected chi connectivity index (χ0v) is 17.5. The molecule has 1 aliphatic heterocycles. The van der Waals surface area contributed by atoms with Gasteiger partial charge in [-0.15, -0.1) is 0 Å². The van der Waals surface area contributed by atoms with Gasteiger partial charge in [0.25, 0.3) is 11.3 Å². The lowest BCUT2D eigenvalue weighted by Crippen LogP contribution is -2.38. The molecular weight excluding hydrogens is 418 g/mol. The Labute approximate surface area is 165 Å². The van der Waals surface area contributed by atoms with Gasteiger partial charge in [0.2, 0.25) is 0 Å². The minimum absolute atomic E-state index is 0.227. The average Bonchev–Trinajstić information content (AvgIpc) is 3.13. The van der Waals surface area contributed by atoms with Crippen molar-refractivity contribution >= 4 is 27.8 Å². The highest BCUT2D eigenvalue weighted by molar-refractivity contribution is 9.10. The number of halogens is 1. The fraction of sp³-hybridized carbons (Fsp3) is 0.647. The number of carbonyl (C=O) groups excluding carboxylic acids is 1. The van der Waals surface area contributed by atoms with Crippen LogP contribution in [0.5, 0.6) is 0 Å². The first-order chi connectivity index (χ1) is 12.7. The lowest BCUT2D eigenvalue weighted by molar-refractivity contribution is 0.0163. The molecule has 0 fully saturated rings. The quantitative estimate of drug-likeness (QED) is 0.764. The van der Waals surface area contributed by atoms with Gasteiger partial charge in [-0.3, -0.25) is 9.89 Å². The molecule has 0 bridgehead atoms. The van der Waals surface area contributed by atoms with Crippen molar-refractivity contribution in [3.05, 3.63) is 26.3 Å². The van der Waals surface area contributed by atoms with E-state index in [9.17, 15) is 9.59 Å². The molecule has 1 N–H and O–H groups in total. The van der Waals surface area contributed by atoms with Crippen molar-refractivity contribution in [1.82, 2.24) is 24.5 Å². The largest absolute Gasteiger partial charge is 0.444 e. The topological polar surface area (TPSA) is 102 Å². The molecule has 0 saturated carbocycles. The summed E-state index contributed by atoms with van der Waals surface area (Å²) in [5, 5.41) is 2.81. The number of carbonyl (C=O) groups is 1. The first kappa shape index (κ1) is 19.8. The van der Waals surface area contributed by atoms with Crippen LogP contribution in [0.4, 0.5) is 4.79 Å². The molecule has 0 spiro atoms. The van der Waals surface area contributed by atoms with Gasteiger partial charge >= 0.3 is 6.09 Å². The zero-order valence-electron chi connectivity index (χ0n) is 15.9. The van der Waals surface area contributed by atoms with Gasteiger partial charge in [0.15, 0.2) is 4.73 Å². The molecule has 2 aromatic heterocycles. The minimum Gasteiger partial charge on any atom is -0.444 e. The Morgan fingerprint density at radius 3 is 2.81 bits per heavy atom. The van der Waals surface area contributed by atoms with Crippen LogP contribution in [0.2, 0.25) is 0 Å². The Morgan fingerprint density at radius 2 is 2.15 bits per heavy atom. The Balaban J connectivity index is 1.76. The summed E-state index contributed by atoms with van der Waals surface area (Å²) in [5.74, 6) is 0.302. The second-order valence-corrected chi connectivity index (χ2v) is 8.23. The van der Waals surface area contributed by atoms with E-state index in [0.29, 0.717) is 41.3 Å². The van der Waals surface area contributed by atoms with Crippen LogP contribution in [0, 0.1) is 0 Å². The number of nitrogens with zero attached hydrogens (tertiary/aromatic N) is 4. The van der Waals surface area contributed by atoms with Crippen LogP contribution in [0.3, 0.4) is 0 Å². The van der Waals surface area contributed by atoms with Crippen LogP contribution in [-0.4, -0.2) is 49.3 Å². The van der Waals surface area contributed by atoms with E-state index >= 15 is 0 Å². The summed E-state index contributed by atoms with van der Waals surface area (Å²) in [5.41, 5.74) is 0.338. The van der Waals surface area contributed by atoms with Crippen LogP contribution in [0.25, 0.3) is 5.78 Å². The highest BCUT2D eigenvalue weighted by Gasteiger charge is 2.31. The summed E-state index contributed by atoms with van der Waals surface area (Å²) in [6.45, 7) is 8.79. The monoisotopic (exact) mass is 441 g/mol. The van der Waals surface area contributed by atoms with E-state index in [-0.39, 0.29) is 18.3 Å². The molecule has 1 atom stereocenters. The van der Waals surface area contributed by atoms with Crippen molar-refractivity contribution in [1.29, 1.82) is 0 Å². The number of rotatable bonds is 5. The SMILES string of the molecule is CCCN(CCC1OCc2nc3nc(Br)[nH]n3c(=O)c21)C(=O)OC(C)(C)C. The number of hydrogen-bond acceptors (Lipinski definition) is 6.